The highest BCUT2D eigenvalue weighted by molar-refractivity contribution is 5.92. The number of hydrogen-bond acceptors (Lipinski definition) is 6. The van der Waals surface area contributed by atoms with Crippen LogP contribution in [0.4, 0.5) is 11.6 Å². The summed E-state index contributed by atoms with van der Waals surface area (Å²) in [6, 6.07) is 15.1. The number of nitrogens with zero attached hydrogens (tertiary/aromatic N) is 2. The Bertz CT molecular complexity index is 1040. The summed E-state index contributed by atoms with van der Waals surface area (Å²) in [4.78, 5) is 21.3. The van der Waals surface area contributed by atoms with E-state index in [0.717, 1.165) is 16.8 Å². The predicted octanol–water partition coefficient (Wildman–Crippen LogP) is 3.50. The van der Waals surface area contributed by atoms with Crippen LogP contribution in [-0.2, 0) is 6.54 Å². The maximum atomic E-state index is 12.6. The number of amides is 1. The Hall–Kier alpha value is -3.61. The molecule has 0 fully saturated rings. The lowest BCUT2D eigenvalue weighted by molar-refractivity contribution is 0.0945. The standard InChI is InChI=1S/C21H20N4O3/c1-13-4-3-5-16(8-13)24-21-23-14(2)9-17(25-21)20(26)22-11-15-6-7-18-19(10-15)28-12-27-18/h3-10H,11-12H2,1-2H3,(H,22,26)(H,23,24,25). The fourth-order valence-electron chi connectivity index (χ4n) is 2.92. The number of aryl methyl sites for hydroxylation is 2. The van der Waals surface area contributed by atoms with E-state index in [1.54, 1.807) is 6.07 Å². The monoisotopic (exact) mass is 376 g/mol. The molecule has 3 aromatic rings. The van der Waals surface area contributed by atoms with Crippen LogP contribution >= 0.6 is 0 Å². The first-order valence-corrected chi connectivity index (χ1v) is 8.93. The van der Waals surface area contributed by atoms with Gasteiger partial charge >= 0.3 is 0 Å². The van der Waals surface area contributed by atoms with Crippen LogP contribution in [0.2, 0.25) is 0 Å². The summed E-state index contributed by atoms with van der Waals surface area (Å²) in [6.45, 7) is 4.43. The zero-order valence-electron chi connectivity index (χ0n) is 15.7. The predicted molar refractivity (Wildman–Crippen MR) is 105 cm³/mol. The first-order chi connectivity index (χ1) is 13.6. The Morgan fingerprint density at radius 2 is 1.89 bits per heavy atom. The van der Waals surface area contributed by atoms with E-state index in [-0.39, 0.29) is 12.7 Å². The van der Waals surface area contributed by atoms with E-state index in [4.69, 9.17) is 9.47 Å². The number of benzene rings is 2. The molecule has 0 radical (unpaired) electrons. The summed E-state index contributed by atoms with van der Waals surface area (Å²) >= 11 is 0. The van der Waals surface area contributed by atoms with Gasteiger partial charge in [-0.25, -0.2) is 9.97 Å². The summed E-state index contributed by atoms with van der Waals surface area (Å²) in [6.07, 6.45) is 0. The summed E-state index contributed by atoms with van der Waals surface area (Å²) in [5.74, 6) is 1.52. The van der Waals surface area contributed by atoms with Crippen molar-refractivity contribution in [2.24, 2.45) is 0 Å². The van der Waals surface area contributed by atoms with E-state index in [0.29, 0.717) is 35.4 Å². The van der Waals surface area contributed by atoms with Crippen LogP contribution in [0.15, 0.2) is 48.5 Å². The fraction of sp³-hybridized carbons (Fsp3) is 0.190. The molecule has 4 rings (SSSR count). The number of fused-ring (bicyclic) bond motifs is 1. The van der Waals surface area contributed by atoms with Crippen molar-refractivity contribution < 1.29 is 14.3 Å². The molecule has 142 valence electrons. The minimum Gasteiger partial charge on any atom is -0.454 e. The van der Waals surface area contributed by atoms with Crippen molar-refractivity contribution in [1.82, 2.24) is 15.3 Å². The number of anilines is 2. The van der Waals surface area contributed by atoms with E-state index in [9.17, 15) is 4.79 Å². The van der Waals surface area contributed by atoms with Gasteiger partial charge in [0.15, 0.2) is 11.5 Å². The van der Waals surface area contributed by atoms with Gasteiger partial charge in [-0.05, 0) is 55.3 Å². The van der Waals surface area contributed by atoms with Crippen LogP contribution in [0.3, 0.4) is 0 Å². The molecule has 0 spiro atoms. The minimum atomic E-state index is -0.268. The molecule has 28 heavy (non-hydrogen) atoms. The second kappa shape index (κ2) is 7.56. The van der Waals surface area contributed by atoms with Crippen molar-refractivity contribution in [1.29, 1.82) is 0 Å². The van der Waals surface area contributed by atoms with E-state index >= 15 is 0 Å². The third-order valence-electron chi connectivity index (χ3n) is 4.25. The molecule has 0 atom stereocenters. The number of aromatic nitrogens is 2. The zero-order valence-corrected chi connectivity index (χ0v) is 15.7. The number of rotatable bonds is 5. The maximum absolute atomic E-state index is 12.6. The molecule has 1 amide bonds. The lowest BCUT2D eigenvalue weighted by Gasteiger charge is -2.10. The van der Waals surface area contributed by atoms with Crippen molar-refractivity contribution in [3.63, 3.8) is 0 Å². The van der Waals surface area contributed by atoms with Gasteiger partial charge in [-0.3, -0.25) is 4.79 Å². The van der Waals surface area contributed by atoms with Crippen LogP contribution in [0.5, 0.6) is 11.5 Å². The third kappa shape index (κ3) is 4.03. The van der Waals surface area contributed by atoms with Gasteiger partial charge in [0.1, 0.15) is 5.69 Å². The first kappa shape index (κ1) is 17.8. The Balaban J connectivity index is 1.45. The smallest absolute Gasteiger partial charge is 0.270 e. The zero-order chi connectivity index (χ0) is 19.5. The van der Waals surface area contributed by atoms with Gasteiger partial charge in [-0.15, -0.1) is 0 Å². The van der Waals surface area contributed by atoms with Gasteiger partial charge in [0, 0.05) is 17.9 Å². The SMILES string of the molecule is Cc1cccc(Nc2nc(C)cc(C(=O)NCc3ccc4c(c3)OCO4)n2)c1. The quantitative estimate of drug-likeness (QED) is 0.709. The van der Waals surface area contributed by atoms with Gasteiger partial charge in [0.2, 0.25) is 12.7 Å². The van der Waals surface area contributed by atoms with Gasteiger partial charge in [-0.2, -0.15) is 0 Å². The number of nitrogens with one attached hydrogen (secondary N) is 2. The lowest BCUT2D eigenvalue weighted by atomic mass is 10.2. The van der Waals surface area contributed by atoms with Crippen molar-refractivity contribution in [3.8, 4) is 11.5 Å². The lowest BCUT2D eigenvalue weighted by Crippen LogP contribution is -2.24. The van der Waals surface area contributed by atoms with E-state index < -0.39 is 0 Å². The normalized spacial score (nSPS) is 11.9. The van der Waals surface area contributed by atoms with Gasteiger partial charge in [0.25, 0.3) is 5.91 Å². The number of ether oxygens (including phenoxy) is 2. The van der Waals surface area contributed by atoms with E-state index in [1.807, 2.05) is 56.3 Å². The molecule has 0 saturated carbocycles. The van der Waals surface area contributed by atoms with Crippen molar-refractivity contribution >= 4 is 17.5 Å². The highest BCUT2D eigenvalue weighted by Crippen LogP contribution is 2.32. The summed E-state index contributed by atoms with van der Waals surface area (Å²) in [7, 11) is 0. The molecule has 2 N–H and O–H groups in total. The molecule has 7 nitrogen and oxygen atoms in total. The molecule has 2 heterocycles. The van der Waals surface area contributed by atoms with Crippen molar-refractivity contribution in [2.45, 2.75) is 20.4 Å². The Labute approximate surface area is 162 Å². The molecular weight excluding hydrogens is 356 g/mol. The maximum Gasteiger partial charge on any atom is 0.270 e. The number of carbonyl (C=O) groups is 1. The highest BCUT2D eigenvalue weighted by atomic mass is 16.7. The topological polar surface area (TPSA) is 85.4 Å². The Morgan fingerprint density at radius 3 is 2.75 bits per heavy atom. The van der Waals surface area contributed by atoms with Crippen LogP contribution in [-0.4, -0.2) is 22.7 Å². The van der Waals surface area contributed by atoms with Crippen LogP contribution in [0, 0.1) is 13.8 Å². The summed E-state index contributed by atoms with van der Waals surface area (Å²) < 4.78 is 10.7. The molecule has 7 heteroatoms. The number of hydrogen-bond donors (Lipinski definition) is 2. The van der Waals surface area contributed by atoms with E-state index in [2.05, 4.69) is 20.6 Å². The summed E-state index contributed by atoms with van der Waals surface area (Å²) in [5, 5.41) is 6.03. The van der Waals surface area contributed by atoms with Gasteiger partial charge in [0.05, 0.1) is 0 Å². The summed E-state index contributed by atoms with van der Waals surface area (Å²) in [5.41, 5.74) is 3.93. The van der Waals surface area contributed by atoms with Crippen molar-refractivity contribution in [3.05, 3.63) is 71.0 Å². The molecule has 1 aliphatic rings. The van der Waals surface area contributed by atoms with Crippen LogP contribution in [0.1, 0.15) is 27.3 Å². The second-order valence-corrected chi connectivity index (χ2v) is 6.58. The third-order valence-corrected chi connectivity index (χ3v) is 4.25. The average Bonchev–Trinajstić information content (AvgIpc) is 3.13. The van der Waals surface area contributed by atoms with Gasteiger partial charge < -0.3 is 20.1 Å². The highest BCUT2D eigenvalue weighted by Gasteiger charge is 2.15. The molecule has 0 bridgehead atoms. The largest absolute Gasteiger partial charge is 0.454 e. The fourth-order valence-corrected chi connectivity index (χ4v) is 2.92. The molecule has 2 aromatic carbocycles. The molecule has 0 aliphatic carbocycles. The Kier molecular flexibility index (Phi) is 4.80. The van der Waals surface area contributed by atoms with Crippen molar-refractivity contribution in [2.75, 3.05) is 12.1 Å². The molecule has 0 saturated heterocycles. The molecule has 1 aliphatic heterocycles. The van der Waals surface area contributed by atoms with Crippen LogP contribution in [0.25, 0.3) is 0 Å². The molecular formula is C21H20N4O3. The Morgan fingerprint density at radius 1 is 1.04 bits per heavy atom. The second-order valence-electron chi connectivity index (χ2n) is 6.58. The molecule has 0 unspecified atom stereocenters. The number of carbonyl (C=O) groups excluding carboxylic acids is 1. The van der Waals surface area contributed by atoms with Gasteiger partial charge in [-0.1, -0.05) is 18.2 Å². The van der Waals surface area contributed by atoms with Crippen LogP contribution < -0.4 is 20.1 Å². The van der Waals surface area contributed by atoms with E-state index in [1.165, 1.54) is 0 Å². The molecule has 1 aromatic heterocycles. The average molecular weight is 376 g/mol. The first-order valence-electron chi connectivity index (χ1n) is 8.93. The minimum absolute atomic E-state index is 0.224.